The van der Waals surface area contributed by atoms with Gasteiger partial charge >= 0.3 is 0 Å². The smallest absolute Gasteiger partial charge is 0.125 e. The highest BCUT2D eigenvalue weighted by Crippen LogP contribution is 2.31. The topological polar surface area (TPSA) is 41.5 Å². The molecule has 106 valence electrons. The molecule has 3 nitrogen and oxygen atoms in total. The van der Waals surface area contributed by atoms with Crippen LogP contribution in [0.25, 0.3) is 0 Å². The van der Waals surface area contributed by atoms with Crippen LogP contribution in [-0.2, 0) is 0 Å². The molecule has 1 fully saturated rings. The Hall–Kier alpha value is -1.06. The van der Waals surface area contributed by atoms with Crippen LogP contribution in [0, 0.1) is 0 Å². The maximum atomic E-state index is 10.5. The van der Waals surface area contributed by atoms with Crippen LogP contribution in [0.1, 0.15) is 56.8 Å². The number of aliphatic hydroxyl groups is 1. The van der Waals surface area contributed by atoms with Crippen molar-refractivity contribution in [3.63, 3.8) is 0 Å². The zero-order valence-corrected chi connectivity index (χ0v) is 12.3. The predicted molar refractivity (Wildman–Crippen MR) is 77.7 cm³/mol. The quantitative estimate of drug-likeness (QED) is 0.829. The van der Waals surface area contributed by atoms with Crippen molar-refractivity contribution < 1.29 is 9.84 Å². The van der Waals surface area contributed by atoms with Gasteiger partial charge in [0, 0.05) is 17.6 Å². The number of aliphatic hydroxyl groups excluding tert-OH is 1. The minimum Gasteiger partial charge on any atom is -0.496 e. The van der Waals surface area contributed by atoms with Gasteiger partial charge in [-0.2, -0.15) is 0 Å². The van der Waals surface area contributed by atoms with Crippen molar-refractivity contribution in [1.82, 2.24) is 5.32 Å². The lowest BCUT2D eigenvalue weighted by molar-refractivity contribution is 0.132. The lowest BCUT2D eigenvalue weighted by Gasteiger charge is -2.23. The van der Waals surface area contributed by atoms with Crippen LogP contribution < -0.4 is 10.1 Å². The van der Waals surface area contributed by atoms with E-state index in [1.54, 1.807) is 7.11 Å². The molecule has 0 spiro atoms. The molecule has 0 aromatic heterocycles. The van der Waals surface area contributed by atoms with Crippen LogP contribution in [0.2, 0.25) is 0 Å². The van der Waals surface area contributed by atoms with Crippen molar-refractivity contribution in [3.05, 3.63) is 29.3 Å². The van der Waals surface area contributed by atoms with E-state index in [-0.39, 0.29) is 6.04 Å². The molecule has 2 atom stereocenters. The summed E-state index contributed by atoms with van der Waals surface area (Å²) in [5.74, 6) is 1.24. The minimum atomic E-state index is -0.531. The molecule has 0 heterocycles. The molecule has 0 saturated heterocycles. The van der Waals surface area contributed by atoms with Gasteiger partial charge in [-0.15, -0.1) is 0 Å². The second-order valence-corrected chi connectivity index (χ2v) is 5.83. The summed E-state index contributed by atoms with van der Waals surface area (Å²) in [6, 6.07) is 6.74. The number of hydrogen-bond donors (Lipinski definition) is 2. The second kappa shape index (κ2) is 5.93. The average molecular weight is 263 g/mol. The molecule has 2 N–H and O–H groups in total. The number of methoxy groups -OCH3 is 1. The summed E-state index contributed by atoms with van der Waals surface area (Å²) >= 11 is 0. The van der Waals surface area contributed by atoms with Gasteiger partial charge in [-0.05, 0) is 37.3 Å². The SMILES string of the molecule is COc1cc(C(C)C)ccc1C(O)C(C)NC1CC1. The summed E-state index contributed by atoms with van der Waals surface area (Å²) in [6.07, 6.45) is 1.91. The number of rotatable bonds is 6. The minimum absolute atomic E-state index is 0.0475. The third-order valence-corrected chi connectivity index (χ3v) is 3.79. The van der Waals surface area contributed by atoms with Crippen LogP contribution in [0.5, 0.6) is 5.75 Å². The van der Waals surface area contributed by atoms with Gasteiger partial charge in [0.15, 0.2) is 0 Å². The Labute approximate surface area is 116 Å². The lowest BCUT2D eigenvalue weighted by atomic mass is 9.96. The van der Waals surface area contributed by atoms with E-state index in [2.05, 4.69) is 25.2 Å². The Morgan fingerprint density at radius 2 is 1.95 bits per heavy atom. The summed E-state index contributed by atoms with van der Waals surface area (Å²) in [5.41, 5.74) is 2.10. The van der Waals surface area contributed by atoms with Crippen molar-refractivity contribution in [1.29, 1.82) is 0 Å². The summed E-state index contributed by atoms with van der Waals surface area (Å²) in [4.78, 5) is 0. The maximum absolute atomic E-state index is 10.5. The molecule has 0 aliphatic heterocycles. The van der Waals surface area contributed by atoms with Crippen molar-refractivity contribution >= 4 is 0 Å². The van der Waals surface area contributed by atoms with E-state index in [1.165, 1.54) is 18.4 Å². The third-order valence-electron chi connectivity index (χ3n) is 3.79. The van der Waals surface area contributed by atoms with Crippen LogP contribution in [-0.4, -0.2) is 24.3 Å². The Kier molecular flexibility index (Phi) is 4.48. The summed E-state index contributed by atoms with van der Waals surface area (Å²) in [5, 5.41) is 13.9. The molecule has 1 saturated carbocycles. The standard InChI is InChI=1S/C16H25NO2/c1-10(2)12-5-8-14(15(9-12)19-4)16(18)11(3)17-13-6-7-13/h5,8-11,13,16-18H,6-7H2,1-4H3. The van der Waals surface area contributed by atoms with Gasteiger partial charge in [0.2, 0.25) is 0 Å². The Balaban J connectivity index is 2.17. The fraction of sp³-hybridized carbons (Fsp3) is 0.625. The Morgan fingerprint density at radius 1 is 1.26 bits per heavy atom. The molecule has 1 aromatic rings. The van der Waals surface area contributed by atoms with Gasteiger partial charge in [-0.3, -0.25) is 0 Å². The van der Waals surface area contributed by atoms with E-state index in [1.807, 2.05) is 19.1 Å². The van der Waals surface area contributed by atoms with Gasteiger partial charge < -0.3 is 15.2 Å². The van der Waals surface area contributed by atoms with Crippen LogP contribution in [0.3, 0.4) is 0 Å². The van der Waals surface area contributed by atoms with E-state index in [9.17, 15) is 5.11 Å². The van der Waals surface area contributed by atoms with Crippen LogP contribution in [0.4, 0.5) is 0 Å². The van der Waals surface area contributed by atoms with Crippen molar-refractivity contribution in [2.24, 2.45) is 0 Å². The molecule has 0 amide bonds. The van der Waals surface area contributed by atoms with Crippen molar-refractivity contribution in [2.45, 2.75) is 57.7 Å². The molecule has 1 aromatic carbocycles. The Morgan fingerprint density at radius 3 is 2.47 bits per heavy atom. The van der Waals surface area contributed by atoms with E-state index >= 15 is 0 Å². The number of ether oxygens (including phenoxy) is 1. The van der Waals surface area contributed by atoms with Gasteiger partial charge in [0.05, 0.1) is 13.2 Å². The van der Waals surface area contributed by atoms with Crippen molar-refractivity contribution in [2.75, 3.05) is 7.11 Å². The van der Waals surface area contributed by atoms with E-state index in [4.69, 9.17) is 4.74 Å². The van der Waals surface area contributed by atoms with Gasteiger partial charge in [0.25, 0.3) is 0 Å². The fourth-order valence-corrected chi connectivity index (χ4v) is 2.31. The largest absolute Gasteiger partial charge is 0.496 e. The lowest BCUT2D eigenvalue weighted by Crippen LogP contribution is -2.33. The van der Waals surface area contributed by atoms with Gasteiger partial charge in [-0.25, -0.2) is 0 Å². The molecule has 0 bridgehead atoms. The summed E-state index contributed by atoms with van der Waals surface area (Å²) in [6.45, 7) is 6.34. The first-order valence-electron chi connectivity index (χ1n) is 7.15. The Bertz CT molecular complexity index is 427. The molecule has 1 aliphatic carbocycles. The molecular formula is C16H25NO2. The van der Waals surface area contributed by atoms with Gasteiger partial charge in [0.1, 0.15) is 5.75 Å². The molecule has 2 unspecified atom stereocenters. The second-order valence-electron chi connectivity index (χ2n) is 5.83. The first kappa shape index (κ1) is 14.4. The third kappa shape index (κ3) is 3.48. The van der Waals surface area contributed by atoms with Crippen molar-refractivity contribution in [3.8, 4) is 5.75 Å². The zero-order valence-electron chi connectivity index (χ0n) is 12.3. The normalized spacial score (nSPS) is 18.4. The van der Waals surface area contributed by atoms with Crippen LogP contribution >= 0.6 is 0 Å². The predicted octanol–water partition coefficient (Wildman–Crippen LogP) is 2.99. The molecular weight excluding hydrogens is 238 g/mol. The molecule has 1 aliphatic rings. The number of benzene rings is 1. The highest BCUT2D eigenvalue weighted by Gasteiger charge is 2.27. The van der Waals surface area contributed by atoms with E-state index < -0.39 is 6.10 Å². The number of nitrogens with one attached hydrogen (secondary N) is 1. The first-order chi connectivity index (χ1) is 9.02. The first-order valence-corrected chi connectivity index (χ1v) is 7.15. The molecule has 0 radical (unpaired) electrons. The zero-order chi connectivity index (χ0) is 14.0. The summed E-state index contributed by atoms with van der Waals surface area (Å²) in [7, 11) is 1.66. The number of hydrogen-bond acceptors (Lipinski definition) is 3. The molecule has 3 heteroatoms. The van der Waals surface area contributed by atoms with Crippen LogP contribution in [0.15, 0.2) is 18.2 Å². The fourth-order valence-electron chi connectivity index (χ4n) is 2.31. The van der Waals surface area contributed by atoms with Gasteiger partial charge in [-0.1, -0.05) is 26.0 Å². The molecule has 19 heavy (non-hydrogen) atoms. The highest BCUT2D eigenvalue weighted by atomic mass is 16.5. The average Bonchev–Trinajstić information content (AvgIpc) is 3.20. The highest BCUT2D eigenvalue weighted by molar-refractivity contribution is 5.40. The monoisotopic (exact) mass is 263 g/mol. The summed E-state index contributed by atoms with van der Waals surface area (Å²) < 4.78 is 5.44. The molecule has 2 rings (SSSR count). The van der Waals surface area contributed by atoms with E-state index in [0.29, 0.717) is 12.0 Å². The van der Waals surface area contributed by atoms with E-state index in [0.717, 1.165) is 11.3 Å². The maximum Gasteiger partial charge on any atom is 0.125 e.